The third kappa shape index (κ3) is 4.74. The molecule has 8 heteroatoms. The van der Waals surface area contributed by atoms with Gasteiger partial charge in [-0.1, -0.05) is 6.07 Å². The first-order valence-electron chi connectivity index (χ1n) is 10.6. The number of carbonyl (C=O) groups is 2. The monoisotopic (exact) mass is 442 g/mol. The third-order valence-electron chi connectivity index (χ3n) is 5.17. The fourth-order valence-electron chi connectivity index (χ4n) is 3.50. The quantitative estimate of drug-likeness (QED) is 0.477. The molecule has 33 heavy (non-hydrogen) atoms. The van der Waals surface area contributed by atoms with Gasteiger partial charge in [0.25, 0.3) is 11.8 Å². The summed E-state index contributed by atoms with van der Waals surface area (Å²) in [5.74, 6) is -0.532. The van der Waals surface area contributed by atoms with Crippen molar-refractivity contribution in [1.82, 2.24) is 19.7 Å². The van der Waals surface area contributed by atoms with Gasteiger partial charge in [0.1, 0.15) is 5.69 Å². The number of aromatic nitrogens is 4. The van der Waals surface area contributed by atoms with Crippen LogP contribution in [-0.2, 0) is 5.54 Å². The normalized spacial score (nSPS) is 11.4. The molecule has 0 aliphatic carbocycles. The Morgan fingerprint density at radius 3 is 2.30 bits per heavy atom. The average molecular weight is 443 g/mol. The Bertz CT molecular complexity index is 1370. The molecule has 4 aromatic rings. The number of amides is 2. The Kier molecular flexibility index (Phi) is 5.68. The first-order chi connectivity index (χ1) is 15.6. The van der Waals surface area contributed by atoms with Gasteiger partial charge in [-0.15, -0.1) is 0 Å². The SMILES string of the molecule is Cc1cc(C(=O)Nc2ccc(C)c(NC(=O)c3ccc4nccnc4c3)c2)n(C(C)(C)C)n1. The maximum absolute atomic E-state index is 13.0. The molecule has 2 amide bonds. The minimum Gasteiger partial charge on any atom is -0.322 e. The van der Waals surface area contributed by atoms with Crippen LogP contribution < -0.4 is 10.6 Å². The molecule has 2 heterocycles. The minimum atomic E-state index is -0.336. The lowest BCUT2D eigenvalue weighted by molar-refractivity contribution is 0.100. The van der Waals surface area contributed by atoms with Crippen LogP contribution >= 0.6 is 0 Å². The van der Waals surface area contributed by atoms with E-state index in [0.717, 1.165) is 16.8 Å². The number of nitrogens with one attached hydrogen (secondary N) is 2. The summed E-state index contributed by atoms with van der Waals surface area (Å²) in [6.45, 7) is 9.73. The molecule has 2 N–H and O–H groups in total. The molecule has 8 nitrogen and oxygen atoms in total. The molecule has 0 bridgehead atoms. The van der Waals surface area contributed by atoms with Crippen LogP contribution in [0.2, 0.25) is 0 Å². The number of nitrogens with zero attached hydrogens (tertiary/aromatic N) is 4. The first-order valence-corrected chi connectivity index (χ1v) is 10.6. The number of hydrogen-bond acceptors (Lipinski definition) is 5. The predicted molar refractivity (Wildman–Crippen MR) is 129 cm³/mol. The maximum Gasteiger partial charge on any atom is 0.273 e. The molecule has 0 atom stereocenters. The highest BCUT2D eigenvalue weighted by Crippen LogP contribution is 2.23. The molecule has 0 fully saturated rings. The van der Waals surface area contributed by atoms with E-state index in [-0.39, 0.29) is 17.4 Å². The Hall–Kier alpha value is -4.07. The summed E-state index contributed by atoms with van der Waals surface area (Å²) >= 11 is 0. The molecule has 0 aliphatic rings. The minimum absolute atomic E-state index is 0.264. The van der Waals surface area contributed by atoms with E-state index in [2.05, 4.69) is 25.7 Å². The van der Waals surface area contributed by atoms with Crippen molar-refractivity contribution in [1.29, 1.82) is 0 Å². The van der Waals surface area contributed by atoms with Crippen molar-refractivity contribution in [2.75, 3.05) is 10.6 Å². The summed E-state index contributed by atoms with van der Waals surface area (Å²) in [6.07, 6.45) is 3.20. The van der Waals surface area contributed by atoms with Crippen LogP contribution in [-0.4, -0.2) is 31.6 Å². The smallest absolute Gasteiger partial charge is 0.273 e. The summed E-state index contributed by atoms with van der Waals surface area (Å²) in [5.41, 5.74) is 4.81. The number of fused-ring (bicyclic) bond motifs is 1. The van der Waals surface area contributed by atoms with E-state index >= 15 is 0 Å². The highest BCUT2D eigenvalue weighted by molar-refractivity contribution is 6.07. The highest BCUT2D eigenvalue weighted by Gasteiger charge is 2.23. The van der Waals surface area contributed by atoms with E-state index in [1.54, 1.807) is 53.5 Å². The lowest BCUT2D eigenvalue weighted by Crippen LogP contribution is -2.29. The number of hydrogen-bond donors (Lipinski definition) is 2. The zero-order valence-corrected chi connectivity index (χ0v) is 19.3. The van der Waals surface area contributed by atoms with Gasteiger partial charge < -0.3 is 10.6 Å². The van der Waals surface area contributed by atoms with Gasteiger partial charge in [-0.2, -0.15) is 5.10 Å². The van der Waals surface area contributed by atoms with E-state index in [9.17, 15) is 9.59 Å². The van der Waals surface area contributed by atoms with Crippen molar-refractivity contribution in [2.45, 2.75) is 40.2 Å². The van der Waals surface area contributed by atoms with Crippen LogP contribution in [0.15, 0.2) is 54.9 Å². The van der Waals surface area contributed by atoms with Gasteiger partial charge >= 0.3 is 0 Å². The number of benzene rings is 2. The summed E-state index contributed by atoms with van der Waals surface area (Å²) < 4.78 is 1.72. The average Bonchev–Trinajstić information content (AvgIpc) is 3.18. The van der Waals surface area contributed by atoms with Crippen molar-refractivity contribution in [3.63, 3.8) is 0 Å². The zero-order chi connectivity index (χ0) is 23.8. The van der Waals surface area contributed by atoms with Gasteiger partial charge in [-0.3, -0.25) is 24.2 Å². The second-order valence-corrected chi connectivity index (χ2v) is 8.95. The van der Waals surface area contributed by atoms with Crippen molar-refractivity contribution in [3.8, 4) is 0 Å². The molecule has 0 spiro atoms. The van der Waals surface area contributed by atoms with Crippen LogP contribution in [0.1, 0.15) is 52.9 Å². The molecule has 0 saturated carbocycles. The first kappa shape index (κ1) is 22.1. The molecule has 0 saturated heterocycles. The molecular weight excluding hydrogens is 416 g/mol. The van der Waals surface area contributed by atoms with Crippen molar-refractivity contribution < 1.29 is 9.59 Å². The van der Waals surface area contributed by atoms with E-state index < -0.39 is 0 Å². The predicted octanol–water partition coefficient (Wildman–Crippen LogP) is 4.70. The summed E-state index contributed by atoms with van der Waals surface area (Å²) in [6, 6.07) is 12.3. The Balaban J connectivity index is 1.55. The molecule has 2 aromatic carbocycles. The Morgan fingerprint density at radius 2 is 1.58 bits per heavy atom. The van der Waals surface area contributed by atoms with Gasteiger partial charge in [0.15, 0.2) is 0 Å². The van der Waals surface area contributed by atoms with Crippen molar-refractivity contribution in [2.24, 2.45) is 0 Å². The van der Waals surface area contributed by atoms with E-state index in [1.807, 2.05) is 40.7 Å². The molecule has 0 radical (unpaired) electrons. The molecule has 0 unspecified atom stereocenters. The van der Waals surface area contributed by atoms with Gasteiger partial charge in [0.2, 0.25) is 0 Å². The van der Waals surface area contributed by atoms with Crippen LogP contribution in [0.25, 0.3) is 11.0 Å². The Morgan fingerprint density at radius 1 is 0.848 bits per heavy atom. The number of carbonyl (C=O) groups excluding carboxylic acids is 2. The largest absolute Gasteiger partial charge is 0.322 e. The molecule has 2 aromatic heterocycles. The summed E-state index contributed by atoms with van der Waals surface area (Å²) in [4.78, 5) is 34.3. The third-order valence-corrected chi connectivity index (χ3v) is 5.17. The standard InChI is InChI=1S/C25H26N6O2/c1-15-6-8-18(28-24(33)22-12-16(2)30-31(22)25(3,4)5)14-20(15)29-23(32)17-7-9-19-21(13-17)27-11-10-26-19/h6-14H,1-5H3,(H,28,33)(H,29,32). The number of anilines is 2. The van der Waals surface area contributed by atoms with E-state index in [1.165, 1.54) is 0 Å². The second-order valence-electron chi connectivity index (χ2n) is 8.95. The molecule has 4 rings (SSSR count). The highest BCUT2D eigenvalue weighted by atomic mass is 16.2. The number of rotatable bonds is 4. The van der Waals surface area contributed by atoms with Crippen LogP contribution in [0.3, 0.4) is 0 Å². The number of aryl methyl sites for hydroxylation is 2. The van der Waals surface area contributed by atoms with E-state index in [4.69, 9.17) is 0 Å². The summed E-state index contributed by atoms with van der Waals surface area (Å²) in [7, 11) is 0. The molecule has 168 valence electrons. The van der Waals surface area contributed by atoms with Crippen LogP contribution in [0, 0.1) is 13.8 Å². The fourth-order valence-corrected chi connectivity index (χ4v) is 3.50. The second kappa shape index (κ2) is 8.46. The van der Waals surface area contributed by atoms with Gasteiger partial charge in [-0.05, 0) is 76.6 Å². The summed E-state index contributed by atoms with van der Waals surface area (Å²) in [5, 5.41) is 10.3. The van der Waals surface area contributed by atoms with Crippen LogP contribution in [0.4, 0.5) is 11.4 Å². The lowest BCUT2D eigenvalue weighted by Gasteiger charge is -2.22. The van der Waals surface area contributed by atoms with Gasteiger partial charge in [0, 0.05) is 29.3 Å². The van der Waals surface area contributed by atoms with E-state index in [0.29, 0.717) is 28.1 Å². The van der Waals surface area contributed by atoms with Crippen molar-refractivity contribution >= 4 is 34.2 Å². The zero-order valence-electron chi connectivity index (χ0n) is 19.3. The van der Waals surface area contributed by atoms with Crippen LogP contribution in [0.5, 0.6) is 0 Å². The van der Waals surface area contributed by atoms with Gasteiger partial charge in [0.05, 0.1) is 22.3 Å². The van der Waals surface area contributed by atoms with Gasteiger partial charge in [-0.25, -0.2) is 0 Å². The Labute approximate surface area is 192 Å². The molecular formula is C25H26N6O2. The molecule has 0 aliphatic heterocycles. The maximum atomic E-state index is 13.0. The topological polar surface area (TPSA) is 102 Å². The lowest BCUT2D eigenvalue weighted by atomic mass is 10.1. The van der Waals surface area contributed by atoms with Crippen molar-refractivity contribution in [3.05, 3.63) is 77.4 Å². The fraction of sp³-hybridized carbons (Fsp3) is 0.240.